The molecule has 0 bridgehead atoms. The van der Waals surface area contributed by atoms with Gasteiger partial charge in [0.1, 0.15) is 4.32 Å². The Balaban J connectivity index is 0. The van der Waals surface area contributed by atoms with Crippen LogP contribution < -0.4 is 5.32 Å². The van der Waals surface area contributed by atoms with Gasteiger partial charge in [0, 0.05) is 31.8 Å². The van der Waals surface area contributed by atoms with Gasteiger partial charge in [-0.2, -0.15) is 0 Å². The van der Waals surface area contributed by atoms with Crippen LogP contribution in [0, 0.1) is 0 Å². The molecule has 0 saturated carbocycles. The van der Waals surface area contributed by atoms with Gasteiger partial charge < -0.3 is 5.32 Å². The number of hydrogen-bond donors (Lipinski definition) is 1. The van der Waals surface area contributed by atoms with E-state index < -0.39 is 0 Å². The van der Waals surface area contributed by atoms with E-state index >= 15 is 0 Å². The normalized spacial score (nSPS) is 10.0. The predicted octanol–water partition coefficient (Wildman–Crippen LogP) is 5.53. The van der Waals surface area contributed by atoms with Gasteiger partial charge in [-0.3, -0.25) is 0 Å². The summed E-state index contributed by atoms with van der Waals surface area (Å²) in [5.74, 6) is 1.19. The molecular formula is C15H31NS2Zn. The zero-order valence-electron chi connectivity index (χ0n) is 13.0. The number of thiocarbonyl (C=S) groups is 1. The first kappa shape index (κ1) is 22.1. The molecule has 0 aliphatic carbocycles. The van der Waals surface area contributed by atoms with Crippen LogP contribution in [-0.4, -0.2) is 16.6 Å². The standard InChI is InChI=1S/C15H31NS2.Zn/c1-3-5-7-9-11-13-16-15(17)18-14-12-10-8-6-4-2;/h3-14H2,1-2H3,(H,16,17);. The molecule has 110 valence electrons. The average Bonchev–Trinajstić information content (AvgIpc) is 2.38. The van der Waals surface area contributed by atoms with Gasteiger partial charge in [0.15, 0.2) is 0 Å². The zero-order chi connectivity index (χ0) is 13.5. The summed E-state index contributed by atoms with van der Waals surface area (Å²) in [6.07, 6.45) is 13.4. The Kier molecular flexibility index (Phi) is 22.0. The van der Waals surface area contributed by atoms with E-state index in [-0.39, 0.29) is 19.5 Å². The molecule has 0 amide bonds. The van der Waals surface area contributed by atoms with Crippen molar-refractivity contribution in [3.63, 3.8) is 0 Å². The second-order valence-corrected chi connectivity index (χ2v) is 6.66. The zero-order valence-corrected chi connectivity index (χ0v) is 17.6. The molecule has 1 nitrogen and oxygen atoms in total. The van der Waals surface area contributed by atoms with Crippen molar-refractivity contribution >= 4 is 28.3 Å². The van der Waals surface area contributed by atoms with Gasteiger partial charge in [0.2, 0.25) is 0 Å². The number of thioether (sulfide) groups is 1. The first-order chi connectivity index (χ1) is 8.81. The molecule has 0 aromatic rings. The molecule has 4 heteroatoms. The van der Waals surface area contributed by atoms with Crippen molar-refractivity contribution in [3.8, 4) is 0 Å². The van der Waals surface area contributed by atoms with Gasteiger partial charge in [-0.25, -0.2) is 0 Å². The Hall–Kier alpha value is 0.863. The Morgan fingerprint density at radius 3 is 1.95 bits per heavy atom. The van der Waals surface area contributed by atoms with Crippen molar-refractivity contribution in [2.45, 2.75) is 78.1 Å². The Morgan fingerprint density at radius 2 is 1.37 bits per heavy atom. The summed E-state index contributed by atoms with van der Waals surface area (Å²) < 4.78 is 1.00. The monoisotopic (exact) mass is 353 g/mol. The van der Waals surface area contributed by atoms with Crippen LogP contribution in [0.5, 0.6) is 0 Å². The summed E-state index contributed by atoms with van der Waals surface area (Å²) in [6, 6.07) is 0. The molecule has 19 heavy (non-hydrogen) atoms. The van der Waals surface area contributed by atoms with Crippen molar-refractivity contribution in [2.24, 2.45) is 0 Å². The van der Waals surface area contributed by atoms with Crippen molar-refractivity contribution < 1.29 is 19.5 Å². The molecule has 0 radical (unpaired) electrons. The van der Waals surface area contributed by atoms with Crippen molar-refractivity contribution in [3.05, 3.63) is 0 Å². The van der Waals surface area contributed by atoms with Crippen molar-refractivity contribution in [1.29, 1.82) is 0 Å². The van der Waals surface area contributed by atoms with Crippen LogP contribution in [0.2, 0.25) is 0 Å². The number of rotatable bonds is 12. The maximum Gasteiger partial charge on any atom is 0.133 e. The largest absolute Gasteiger partial charge is 0.371 e. The molecule has 0 aromatic heterocycles. The summed E-state index contributed by atoms with van der Waals surface area (Å²) in [4.78, 5) is 0. The van der Waals surface area contributed by atoms with E-state index in [4.69, 9.17) is 12.2 Å². The van der Waals surface area contributed by atoms with Gasteiger partial charge in [-0.05, 0) is 12.8 Å². The first-order valence-electron chi connectivity index (χ1n) is 7.71. The summed E-state index contributed by atoms with van der Waals surface area (Å²) >= 11 is 7.13. The van der Waals surface area contributed by atoms with Crippen LogP contribution in [0.1, 0.15) is 78.1 Å². The second kappa shape index (κ2) is 18.9. The third-order valence-corrected chi connectivity index (χ3v) is 4.43. The minimum Gasteiger partial charge on any atom is -0.371 e. The third-order valence-electron chi connectivity index (χ3n) is 3.03. The molecule has 0 rings (SSSR count). The average molecular weight is 355 g/mol. The second-order valence-electron chi connectivity index (χ2n) is 4.89. The van der Waals surface area contributed by atoms with E-state index in [1.165, 1.54) is 70.0 Å². The Morgan fingerprint density at radius 1 is 0.842 bits per heavy atom. The number of hydrogen-bond acceptors (Lipinski definition) is 2. The fourth-order valence-electron chi connectivity index (χ4n) is 1.84. The van der Waals surface area contributed by atoms with Gasteiger partial charge in [0.05, 0.1) is 0 Å². The summed E-state index contributed by atoms with van der Waals surface area (Å²) in [6.45, 7) is 5.57. The van der Waals surface area contributed by atoms with Crippen LogP contribution in [0.3, 0.4) is 0 Å². The van der Waals surface area contributed by atoms with Crippen LogP contribution in [0.4, 0.5) is 0 Å². The number of nitrogens with one attached hydrogen (secondary N) is 1. The molecule has 0 unspecified atom stereocenters. The van der Waals surface area contributed by atoms with Crippen LogP contribution in [-0.2, 0) is 19.5 Å². The van der Waals surface area contributed by atoms with E-state index in [0.29, 0.717) is 0 Å². The van der Waals surface area contributed by atoms with Crippen molar-refractivity contribution in [1.82, 2.24) is 5.32 Å². The molecule has 0 aromatic carbocycles. The van der Waals surface area contributed by atoms with E-state index in [0.717, 1.165) is 10.9 Å². The van der Waals surface area contributed by atoms with E-state index in [9.17, 15) is 0 Å². The van der Waals surface area contributed by atoms with E-state index in [2.05, 4.69) is 19.2 Å². The van der Waals surface area contributed by atoms with Gasteiger partial charge >= 0.3 is 0 Å². The van der Waals surface area contributed by atoms with Crippen LogP contribution >= 0.6 is 24.0 Å². The van der Waals surface area contributed by atoms with Gasteiger partial charge in [0.25, 0.3) is 0 Å². The molecule has 1 N–H and O–H groups in total. The molecular weight excluding hydrogens is 324 g/mol. The number of unbranched alkanes of at least 4 members (excludes halogenated alkanes) is 8. The molecule has 0 aliphatic rings. The van der Waals surface area contributed by atoms with Gasteiger partial charge in [-0.15, -0.1) is 0 Å². The predicted molar refractivity (Wildman–Crippen MR) is 90.6 cm³/mol. The molecule has 0 spiro atoms. The minimum absolute atomic E-state index is 0. The fraction of sp³-hybridized carbons (Fsp3) is 0.933. The third kappa shape index (κ3) is 18.9. The fourth-order valence-corrected chi connectivity index (χ4v) is 2.93. The van der Waals surface area contributed by atoms with Crippen molar-refractivity contribution in [2.75, 3.05) is 12.3 Å². The van der Waals surface area contributed by atoms with Crippen LogP contribution in [0.25, 0.3) is 0 Å². The smallest absolute Gasteiger partial charge is 0.133 e. The maximum absolute atomic E-state index is 5.31. The van der Waals surface area contributed by atoms with E-state index in [1.807, 2.05) is 11.8 Å². The van der Waals surface area contributed by atoms with Crippen LogP contribution in [0.15, 0.2) is 0 Å². The maximum atomic E-state index is 5.31. The first-order valence-corrected chi connectivity index (χ1v) is 9.11. The topological polar surface area (TPSA) is 12.0 Å². The molecule has 0 aliphatic heterocycles. The quantitative estimate of drug-likeness (QED) is 0.281. The SMILES string of the molecule is CCCCCCCNC(=S)SCCCCCCC.[Zn]. The summed E-state index contributed by atoms with van der Waals surface area (Å²) in [7, 11) is 0. The molecule has 0 atom stereocenters. The Labute approximate surface area is 143 Å². The molecule has 0 heterocycles. The Bertz CT molecular complexity index is 171. The molecule has 0 saturated heterocycles. The van der Waals surface area contributed by atoms with Gasteiger partial charge in [-0.1, -0.05) is 89.2 Å². The van der Waals surface area contributed by atoms with E-state index in [1.54, 1.807) is 0 Å². The summed E-state index contributed by atoms with van der Waals surface area (Å²) in [5.41, 5.74) is 0. The molecule has 0 fully saturated rings. The minimum atomic E-state index is 0. The summed E-state index contributed by atoms with van der Waals surface area (Å²) in [5, 5.41) is 3.36.